The van der Waals surface area contributed by atoms with Gasteiger partial charge >= 0.3 is 0 Å². The zero-order chi connectivity index (χ0) is 18.5. The minimum atomic E-state index is -0.115. The zero-order valence-electron chi connectivity index (χ0n) is 14.9. The summed E-state index contributed by atoms with van der Waals surface area (Å²) in [6.45, 7) is 2.63. The molecule has 1 aliphatic rings. The molecule has 2 aromatic carbocycles. The molecule has 8 heteroatoms. The molecule has 1 fully saturated rings. The van der Waals surface area contributed by atoms with Gasteiger partial charge in [-0.25, -0.2) is 0 Å². The summed E-state index contributed by atoms with van der Waals surface area (Å²) in [6, 6.07) is 13.0. The zero-order valence-corrected chi connectivity index (χ0v) is 17.2. The maximum absolute atomic E-state index is 12.6. The van der Waals surface area contributed by atoms with E-state index in [0.29, 0.717) is 15.7 Å². The van der Waals surface area contributed by atoms with Crippen LogP contribution in [0.4, 0.5) is 5.69 Å². The maximum atomic E-state index is 12.6. The van der Waals surface area contributed by atoms with Crippen LogP contribution in [0.3, 0.4) is 0 Å². The van der Waals surface area contributed by atoms with Crippen molar-refractivity contribution < 1.29 is 9.53 Å². The lowest BCUT2D eigenvalue weighted by Gasteiger charge is -2.36. The van der Waals surface area contributed by atoms with Crippen molar-refractivity contribution in [1.29, 1.82) is 0 Å². The van der Waals surface area contributed by atoms with E-state index in [-0.39, 0.29) is 30.9 Å². The molecule has 146 valence electrons. The molecule has 1 amide bonds. The fraction of sp³-hybridized carbons (Fsp3) is 0.316. The van der Waals surface area contributed by atoms with E-state index < -0.39 is 0 Å². The minimum Gasteiger partial charge on any atom is -0.496 e. The predicted octanol–water partition coefficient (Wildman–Crippen LogP) is 4.01. The molecule has 1 saturated heterocycles. The number of nitrogens with zero attached hydrogens (tertiary/aromatic N) is 1. The standard InChI is InChI=1S/C19H21Cl2N3O2.ClH/c1-26-18-5-3-2-4-14(18)17-11-22-8-9-24(17)12-19(25)23-16-7-6-13(20)10-15(16)21;/h2-7,10,17,22H,8-9,11-12H2,1H3,(H,23,25);1H. The van der Waals surface area contributed by atoms with Crippen molar-refractivity contribution in [3.8, 4) is 5.75 Å². The SMILES string of the molecule is COc1ccccc1C1CNCCN1CC(=O)Nc1ccc(Cl)cc1Cl.Cl. The lowest BCUT2D eigenvalue weighted by atomic mass is 10.0. The Morgan fingerprint density at radius 1 is 1.30 bits per heavy atom. The summed E-state index contributed by atoms with van der Waals surface area (Å²) in [5.74, 6) is 0.711. The Kier molecular flexibility index (Phi) is 8.20. The summed E-state index contributed by atoms with van der Waals surface area (Å²) in [5, 5.41) is 7.21. The Morgan fingerprint density at radius 2 is 2.07 bits per heavy atom. The molecule has 2 aromatic rings. The molecular weight excluding hydrogens is 409 g/mol. The number of rotatable bonds is 5. The van der Waals surface area contributed by atoms with Crippen LogP contribution in [-0.2, 0) is 4.79 Å². The molecule has 0 spiro atoms. The Hall–Kier alpha value is -1.50. The third-order valence-electron chi connectivity index (χ3n) is 4.40. The van der Waals surface area contributed by atoms with Gasteiger partial charge in [0.05, 0.1) is 30.4 Å². The molecule has 0 radical (unpaired) electrons. The first kappa shape index (κ1) is 21.8. The summed E-state index contributed by atoms with van der Waals surface area (Å²) in [4.78, 5) is 14.7. The first-order valence-electron chi connectivity index (χ1n) is 8.41. The molecule has 1 aliphatic heterocycles. The number of benzene rings is 2. The Labute approximate surface area is 175 Å². The molecule has 2 N–H and O–H groups in total. The number of carbonyl (C=O) groups is 1. The van der Waals surface area contributed by atoms with Crippen LogP contribution in [0.25, 0.3) is 0 Å². The van der Waals surface area contributed by atoms with Crippen LogP contribution in [0.15, 0.2) is 42.5 Å². The van der Waals surface area contributed by atoms with Gasteiger partial charge < -0.3 is 15.4 Å². The molecule has 1 heterocycles. The largest absolute Gasteiger partial charge is 0.496 e. The number of anilines is 1. The van der Waals surface area contributed by atoms with E-state index in [9.17, 15) is 4.79 Å². The van der Waals surface area contributed by atoms with Gasteiger partial charge in [0.2, 0.25) is 5.91 Å². The Bertz CT molecular complexity index is 789. The smallest absolute Gasteiger partial charge is 0.238 e. The van der Waals surface area contributed by atoms with Crippen LogP contribution in [0, 0.1) is 0 Å². The molecule has 5 nitrogen and oxygen atoms in total. The number of nitrogens with one attached hydrogen (secondary N) is 2. The number of methoxy groups -OCH3 is 1. The third-order valence-corrected chi connectivity index (χ3v) is 4.95. The van der Waals surface area contributed by atoms with E-state index in [1.165, 1.54) is 0 Å². The normalized spacial score (nSPS) is 17.1. The van der Waals surface area contributed by atoms with Gasteiger partial charge in [0.25, 0.3) is 0 Å². The molecule has 3 rings (SSSR count). The van der Waals surface area contributed by atoms with Gasteiger partial charge in [-0.1, -0.05) is 41.4 Å². The number of hydrogen-bond donors (Lipinski definition) is 2. The average Bonchev–Trinajstić information content (AvgIpc) is 2.64. The van der Waals surface area contributed by atoms with Crippen LogP contribution in [0.1, 0.15) is 11.6 Å². The molecular formula is C19H22Cl3N3O2. The number of hydrogen-bond acceptors (Lipinski definition) is 4. The molecule has 27 heavy (non-hydrogen) atoms. The molecule has 1 atom stereocenters. The molecule has 0 bridgehead atoms. The summed E-state index contributed by atoms with van der Waals surface area (Å²) in [5.41, 5.74) is 1.63. The Morgan fingerprint density at radius 3 is 2.81 bits per heavy atom. The van der Waals surface area contributed by atoms with Crippen molar-refractivity contribution in [1.82, 2.24) is 10.2 Å². The number of amides is 1. The number of carbonyl (C=O) groups excluding carboxylic acids is 1. The number of para-hydroxylation sites is 1. The first-order chi connectivity index (χ1) is 12.6. The second-order valence-corrected chi connectivity index (χ2v) is 6.95. The highest BCUT2D eigenvalue weighted by Crippen LogP contribution is 2.30. The monoisotopic (exact) mass is 429 g/mol. The van der Waals surface area contributed by atoms with Crippen molar-refractivity contribution in [2.24, 2.45) is 0 Å². The van der Waals surface area contributed by atoms with Crippen LogP contribution < -0.4 is 15.4 Å². The van der Waals surface area contributed by atoms with E-state index >= 15 is 0 Å². The molecule has 0 aliphatic carbocycles. The van der Waals surface area contributed by atoms with E-state index in [0.717, 1.165) is 30.9 Å². The van der Waals surface area contributed by atoms with Gasteiger partial charge in [0, 0.05) is 30.2 Å². The summed E-state index contributed by atoms with van der Waals surface area (Å²) >= 11 is 12.0. The summed E-state index contributed by atoms with van der Waals surface area (Å²) in [6.07, 6.45) is 0. The van der Waals surface area contributed by atoms with E-state index in [4.69, 9.17) is 27.9 Å². The van der Waals surface area contributed by atoms with E-state index in [1.54, 1.807) is 25.3 Å². The van der Waals surface area contributed by atoms with Crippen molar-refractivity contribution in [2.45, 2.75) is 6.04 Å². The van der Waals surface area contributed by atoms with Gasteiger partial charge in [-0.3, -0.25) is 9.69 Å². The quantitative estimate of drug-likeness (QED) is 0.752. The second kappa shape index (κ2) is 10.2. The highest BCUT2D eigenvalue weighted by atomic mass is 35.5. The van der Waals surface area contributed by atoms with Gasteiger partial charge in [-0.15, -0.1) is 12.4 Å². The van der Waals surface area contributed by atoms with E-state index in [2.05, 4.69) is 15.5 Å². The van der Waals surface area contributed by atoms with Gasteiger partial charge in [-0.2, -0.15) is 0 Å². The van der Waals surface area contributed by atoms with Crippen molar-refractivity contribution in [3.05, 3.63) is 58.1 Å². The molecule has 0 aromatic heterocycles. The maximum Gasteiger partial charge on any atom is 0.238 e. The van der Waals surface area contributed by atoms with Crippen molar-refractivity contribution in [2.75, 3.05) is 38.6 Å². The number of piperazine rings is 1. The van der Waals surface area contributed by atoms with Crippen molar-refractivity contribution >= 4 is 47.2 Å². The summed E-state index contributed by atoms with van der Waals surface area (Å²) < 4.78 is 5.49. The van der Waals surface area contributed by atoms with Gasteiger partial charge in [-0.05, 0) is 24.3 Å². The second-order valence-electron chi connectivity index (χ2n) is 6.10. The third kappa shape index (κ3) is 5.50. The lowest BCUT2D eigenvalue weighted by Crippen LogP contribution is -2.48. The fourth-order valence-corrected chi connectivity index (χ4v) is 3.60. The van der Waals surface area contributed by atoms with Gasteiger partial charge in [0.15, 0.2) is 0 Å². The van der Waals surface area contributed by atoms with Crippen LogP contribution in [-0.4, -0.2) is 44.1 Å². The summed E-state index contributed by atoms with van der Waals surface area (Å²) in [7, 11) is 1.66. The number of ether oxygens (including phenoxy) is 1. The fourth-order valence-electron chi connectivity index (χ4n) is 3.15. The van der Waals surface area contributed by atoms with Crippen LogP contribution in [0.2, 0.25) is 10.0 Å². The highest BCUT2D eigenvalue weighted by Gasteiger charge is 2.27. The molecule has 0 saturated carbocycles. The highest BCUT2D eigenvalue weighted by molar-refractivity contribution is 6.36. The molecule has 1 unspecified atom stereocenters. The van der Waals surface area contributed by atoms with Crippen LogP contribution in [0.5, 0.6) is 5.75 Å². The predicted molar refractivity (Wildman–Crippen MR) is 113 cm³/mol. The Balaban J connectivity index is 0.00000261. The topological polar surface area (TPSA) is 53.6 Å². The lowest BCUT2D eigenvalue weighted by molar-refractivity contribution is -0.118. The van der Waals surface area contributed by atoms with Crippen LogP contribution >= 0.6 is 35.6 Å². The van der Waals surface area contributed by atoms with Gasteiger partial charge in [0.1, 0.15) is 5.75 Å². The average molecular weight is 431 g/mol. The first-order valence-corrected chi connectivity index (χ1v) is 9.16. The number of halogens is 3. The van der Waals surface area contributed by atoms with E-state index in [1.807, 2.05) is 24.3 Å². The van der Waals surface area contributed by atoms with Crippen molar-refractivity contribution in [3.63, 3.8) is 0 Å². The minimum absolute atomic E-state index is 0.